The first-order valence-electron chi connectivity index (χ1n) is 9.33. The Labute approximate surface area is 155 Å². The van der Waals surface area contributed by atoms with E-state index in [1.165, 1.54) is 5.56 Å². The van der Waals surface area contributed by atoms with Crippen molar-refractivity contribution in [2.24, 2.45) is 5.41 Å². The molecule has 2 aromatic carbocycles. The van der Waals surface area contributed by atoms with E-state index < -0.39 is 11.4 Å². The summed E-state index contributed by atoms with van der Waals surface area (Å²) in [6.45, 7) is 4.89. The van der Waals surface area contributed by atoms with Crippen LogP contribution >= 0.6 is 0 Å². The van der Waals surface area contributed by atoms with Gasteiger partial charge < -0.3 is 9.84 Å². The Morgan fingerprint density at radius 3 is 2.50 bits per heavy atom. The number of rotatable bonds is 8. The minimum absolute atomic E-state index is 0.560. The Kier molecular flexibility index (Phi) is 5.94. The molecule has 1 heterocycles. The largest absolute Gasteiger partial charge is 0.489 e. The Morgan fingerprint density at radius 2 is 1.85 bits per heavy atom. The van der Waals surface area contributed by atoms with Crippen molar-refractivity contribution >= 4 is 5.97 Å². The Morgan fingerprint density at radius 1 is 1.12 bits per heavy atom. The molecular formula is C22H27NO3. The van der Waals surface area contributed by atoms with Crippen LogP contribution in [0.25, 0.3) is 0 Å². The van der Waals surface area contributed by atoms with Gasteiger partial charge in [0.2, 0.25) is 0 Å². The number of hydrogen-bond acceptors (Lipinski definition) is 3. The Balaban J connectivity index is 1.54. The molecule has 0 spiro atoms. The van der Waals surface area contributed by atoms with E-state index in [2.05, 4.69) is 24.0 Å². The maximum atomic E-state index is 11.7. The van der Waals surface area contributed by atoms with Crippen LogP contribution in [0.2, 0.25) is 0 Å². The van der Waals surface area contributed by atoms with Crippen molar-refractivity contribution in [1.82, 2.24) is 4.90 Å². The molecule has 0 radical (unpaired) electrons. The minimum atomic E-state index is -0.647. The quantitative estimate of drug-likeness (QED) is 0.767. The Bertz CT molecular complexity index is 714. The molecule has 0 amide bonds. The molecule has 1 atom stereocenters. The smallest absolute Gasteiger partial charge is 0.310 e. The third-order valence-electron chi connectivity index (χ3n) is 5.19. The van der Waals surface area contributed by atoms with Crippen LogP contribution in [0.1, 0.15) is 37.3 Å². The summed E-state index contributed by atoms with van der Waals surface area (Å²) in [6.07, 6.45) is 2.41. The lowest BCUT2D eigenvalue weighted by Gasteiger charge is -2.24. The molecule has 3 rings (SSSR count). The highest BCUT2D eigenvalue weighted by Crippen LogP contribution is 2.36. The second-order valence-corrected chi connectivity index (χ2v) is 7.21. The van der Waals surface area contributed by atoms with Gasteiger partial charge in [-0.15, -0.1) is 0 Å². The molecule has 1 fully saturated rings. The normalized spacial score (nSPS) is 20.2. The van der Waals surface area contributed by atoms with Crippen molar-refractivity contribution in [3.8, 4) is 5.75 Å². The van der Waals surface area contributed by atoms with Crippen molar-refractivity contribution < 1.29 is 14.6 Å². The molecule has 1 N–H and O–H groups in total. The van der Waals surface area contributed by atoms with E-state index in [4.69, 9.17) is 4.74 Å². The fourth-order valence-corrected chi connectivity index (χ4v) is 3.75. The predicted molar refractivity (Wildman–Crippen MR) is 102 cm³/mol. The fraction of sp³-hybridized carbons (Fsp3) is 0.409. The van der Waals surface area contributed by atoms with E-state index in [-0.39, 0.29) is 0 Å². The predicted octanol–water partition coefficient (Wildman–Crippen LogP) is 4.34. The van der Waals surface area contributed by atoms with Gasteiger partial charge in [0.25, 0.3) is 0 Å². The Hall–Kier alpha value is -2.33. The summed E-state index contributed by atoms with van der Waals surface area (Å²) >= 11 is 0. The van der Waals surface area contributed by atoms with Gasteiger partial charge in [-0.2, -0.15) is 0 Å². The summed E-state index contributed by atoms with van der Waals surface area (Å²) in [7, 11) is 0. The summed E-state index contributed by atoms with van der Waals surface area (Å²) in [6, 6.07) is 18.2. The third-order valence-corrected chi connectivity index (χ3v) is 5.19. The molecule has 138 valence electrons. The monoisotopic (exact) mass is 353 g/mol. The number of carboxylic acids is 1. The van der Waals surface area contributed by atoms with Gasteiger partial charge in [-0.05, 0) is 42.6 Å². The van der Waals surface area contributed by atoms with Crippen LogP contribution in [0.5, 0.6) is 5.75 Å². The average Bonchev–Trinajstić information content (AvgIpc) is 3.06. The number of carboxylic acid groups (broad SMARTS) is 1. The van der Waals surface area contributed by atoms with Crippen molar-refractivity contribution in [3.63, 3.8) is 0 Å². The van der Waals surface area contributed by atoms with Crippen LogP contribution in [-0.4, -0.2) is 29.1 Å². The van der Waals surface area contributed by atoms with Gasteiger partial charge in [0.05, 0.1) is 5.41 Å². The van der Waals surface area contributed by atoms with E-state index in [0.29, 0.717) is 13.2 Å². The lowest BCUT2D eigenvalue weighted by Crippen LogP contribution is -2.34. The van der Waals surface area contributed by atoms with E-state index in [1.807, 2.05) is 42.5 Å². The molecule has 0 saturated carbocycles. The number of hydrogen-bond donors (Lipinski definition) is 1. The zero-order valence-corrected chi connectivity index (χ0v) is 15.4. The number of likely N-dealkylation sites (tertiary alicyclic amines) is 1. The minimum Gasteiger partial charge on any atom is -0.489 e. The highest BCUT2D eigenvalue weighted by atomic mass is 16.5. The lowest BCUT2D eigenvalue weighted by molar-refractivity contribution is -0.148. The molecule has 1 saturated heterocycles. The molecule has 1 aliphatic rings. The van der Waals surface area contributed by atoms with Gasteiger partial charge in [-0.1, -0.05) is 55.8 Å². The number of aliphatic carboxylic acids is 1. The first-order chi connectivity index (χ1) is 12.6. The van der Waals surface area contributed by atoms with Crippen LogP contribution in [-0.2, 0) is 17.9 Å². The van der Waals surface area contributed by atoms with Gasteiger partial charge in [-0.3, -0.25) is 9.69 Å². The molecule has 4 nitrogen and oxygen atoms in total. The van der Waals surface area contributed by atoms with Crippen molar-refractivity contribution in [2.45, 2.75) is 39.3 Å². The summed E-state index contributed by atoms with van der Waals surface area (Å²) in [5, 5.41) is 9.62. The number of benzene rings is 2. The van der Waals surface area contributed by atoms with Crippen LogP contribution in [0.15, 0.2) is 54.6 Å². The molecule has 1 unspecified atom stereocenters. The van der Waals surface area contributed by atoms with Crippen molar-refractivity contribution in [2.75, 3.05) is 13.1 Å². The van der Waals surface area contributed by atoms with E-state index >= 15 is 0 Å². The molecule has 0 aliphatic carbocycles. The van der Waals surface area contributed by atoms with Crippen molar-refractivity contribution in [1.29, 1.82) is 0 Å². The van der Waals surface area contributed by atoms with Crippen LogP contribution < -0.4 is 4.74 Å². The molecule has 1 aliphatic heterocycles. The highest BCUT2D eigenvalue weighted by molar-refractivity contribution is 5.75. The molecule has 0 bridgehead atoms. The number of carbonyl (C=O) groups is 1. The van der Waals surface area contributed by atoms with Gasteiger partial charge in [0, 0.05) is 13.1 Å². The summed E-state index contributed by atoms with van der Waals surface area (Å²) in [5.74, 6) is 0.205. The SMILES string of the molecule is CCCC1(C(=O)O)CCN(Cc2ccc(OCc3ccccc3)cc2)C1. The molecular weight excluding hydrogens is 326 g/mol. The zero-order chi connectivity index (χ0) is 18.4. The number of nitrogens with zero attached hydrogens (tertiary/aromatic N) is 1. The summed E-state index contributed by atoms with van der Waals surface area (Å²) in [5.41, 5.74) is 1.78. The maximum absolute atomic E-state index is 11.7. The topological polar surface area (TPSA) is 49.8 Å². The van der Waals surface area contributed by atoms with Gasteiger partial charge >= 0.3 is 5.97 Å². The van der Waals surface area contributed by atoms with Gasteiger partial charge in [0.15, 0.2) is 0 Å². The van der Waals surface area contributed by atoms with Crippen LogP contribution in [0.4, 0.5) is 0 Å². The van der Waals surface area contributed by atoms with Gasteiger partial charge in [0.1, 0.15) is 12.4 Å². The third kappa shape index (κ3) is 4.44. The first kappa shape index (κ1) is 18.5. The van der Waals surface area contributed by atoms with E-state index in [9.17, 15) is 9.90 Å². The van der Waals surface area contributed by atoms with E-state index in [0.717, 1.165) is 43.7 Å². The highest BCUT2D eigenvalue weighted by Gasteiger charge is 2.43. The molecule has 0 aromatic heterocycles. The van der Waals surface area contributed by atoms with Gasteiger partial charge in [-0.25, -0.2) is 0 Å². The average molecular weight is 353 g/mol. The molecule has 4 heteroatoms. The maximum Gasteiger partial charge on any atom is 0.310 e. The lowest BCUT2D eigenvalue weighted by atomic mass is 9.83. The molecule has 2 aromatic rings. The zero-order valence-electron chi connectivity index (χ0n) is 15.4. The first-order valence-corrected chi connectivity index (χ1v) is 9.33. The molecule has 26 heavy (non-hydrogen) atoms. The second kappa shape index (κ2) is 8.37. The van der Waals surface area contributed by atoms with E-state index in [1.54, 1.807) is 0 Å². The fourth-order valence-electron chi connectivity index (χ4n) is 3.75. The standard InChI is InChI=1S/C22H27NO3/c1-2-12-22(21(24)25)13-14-23(17-22)15-18-8-10-20(11-9-18)26-16-19-6-4-3-5-7-19/h3-11H,2,12-17H2,1H3,(H,24,25). The summed E-state index contributed by atoms with van der Waals surface area (Å²) < 4.78 is 5.82. The number of ether oxygens (including phenoxy) is 1. The van der Waals surface area contributed by atoms with Crippen LogP contribution in [0.3, 0.4) is 0 Å². The second-order valence-electron chi connectivity index (χ2n) is 7.21. The van der Waals surface area contributed by atoms with Crippen LogP contribution in [0, 0.1) is 5.41 Å². The summed E-state index contributed by atoms with van der Waals surface area (Å²) in [4.78, 5) is 14.0. The van der Waals surface area contributed by atoms with Crippen molar-refractivity contribution in [3.05, 3.63) is 65.7 Å².